The minimum absolute atomic E-state index is 0.0691. The summed E-state index contributed by atoms with van der Waals surface area (Å²) in [7, 11) is 0. The smallest absolute Gasteiger partial charge is 0.348 e. The first-order valence-electron chi connectivity index (χ1n) is 7.75. The molecule has 1 N–H and O–H groups in total. The lowest BCUT2D eigenvalue weighted by molar-refractivity contribution is -0.143. The van der Waals surface area contributed by atoms with Crippen molar-refractivity contribution in [1.29, 1.82) is 0 Å². The van der Waals surface area contributed by atoms with Gasteiger partial charge < -0.3 is 5.32 Å². The first-order chi connectivity index (χ1) is 12.4. The fraction of sp³-hybridized carbons (Fsp3) is 0.167. The second kappa shape index (κ2) is 6.99. The predicted octanol–water partition coefficient (Wildman–Crippen LogP) is 3.52. The summed E-state index contributed by atoms with van der Waals surface area (Å²) >= 11 is 0. The number of amides is 1. The van der Waals surface area contributed by atoms with E-state index in [-0.39, 0.29) is 12.2 Å². The molecule has 0 spiro atoms. The van der Waals surface area contributed by atoms with Gasteiger partial charge in [0, 0.05) is 18.9 Å². The molecule has 1 amide bonds. The van der Waals surface area contributed by atoms with Crippen LogP contribution in [0.15, 0.2) is 55.0 Å². The summed E-state index contributed by atoms with van der Waals surface area (Å²) in [4.78, 5) is 16.2. The van der Waals surface area contributed by atoms with Crippen molar-refractivity contribution in [2.75, 3.05) is 0 Å². The van der Waals surface area contributed by atoms with Crippen LogP contribution in [0.25, 0.3) is 5.69 Å². The van der Waals surface area contributed by atoms with Gasteiger partial charge in [0.25, 0.3) is 5.91 Å². The molecule has 1 aromatic carbocycles. The number of rotatable bonds is 4. The van der Waals surface area contributed by atoms with Crippen LogP contribution in [0, 0.1) is 6.92 Å². The number of hydrogen-bond donors (Lipinski definition) is 1. The van der Waals surface area contributed by atoms with Gasteiger partial charge in [0.15, 0.2) is 5.69 Å². The average Bonchev–Trinajstić information content (AvgIpc) is 3.07. The van der Waals surface area contributed by atoms with Gasteiger partial charge in [0.1, 0.15) is 0 Å². The van der Waals surface area contributed by atoms with Crippen molar-refractivity contribution < 1.29 is 18.0 Å². The zero-order valence-corrected chi connectivity index (χ0v) is 13.8. The molecule has 0 atom stereocenters. The van der Waals surface area contributed by atoms with E-state index in [2.05, 4.69) is 15.4 Å². The van der Waals surface area contributed by atoms with E-state index in [1.54, 1.807) is 30.5 Å². The van der Waals surface area contributed by atoms with Crippen LogP contribution in [0.3, 0.4) is 0 Å². The van der Waals surface area contributed by atoms with Crippen LogP contribution in [0.5, 0.6) is 0 Å². The molecule has 0 aliphatic carbocycles. The Hall–Kier alpha value is -3.16. The van der Waals surface area contributed by atoms with Gasteiger partial charge in [-0.2, -0.15) is 18.3 Å². The van der Waals surface area contributed by atoms with E-state index in [0.29, 0.717) is 5.56 Å². The molecule has 8 heteroatoms. The minimum atomic E-state index is -4.73. The van der Waals surface area contributed by atoms with Crippen molar-refractivity contribution in [3.63, 3.8) is 0 Å². The summed E-state index contributed by atoms with van der Waals surface area (Å²) in [5, 5.41) is 6.25. The molecule has 3 aromatic rings. The first kappa shape index (κ1) is 17.7. The maximum Gasteiger partial charge on any atom is 0.434 e. The molecular weight excluding hydrogens is 345 g/mol. The fourth-order valence-electron chi connectivity index (χ4n) is 2.45. The molecule has 3 rings (SSSR count). The van der Waals surface area contributed by atoms with Gasteiger partial charge in [0.2, 0.25) is 0 Å². The molecule has 5 nitrogen and oxygen atoms in total. The molecule has 0 radical (unpaired) electrons. The largest absolute Gasteiger partial charge is 0.434 e. The lowest BCUT2D eigenvalue weighted by atomic mass is 10.2. The van der Waals surface area contributed by atoms with E-state index < -0.39 is 23.3 Å². The van der Waals surface area contributed by atoms with Gasteiger partial charge in [-0.25, -0.2) is 4.68 Å². The molecule has 2 heterocycles. The van der Waals surface area contributed by atoms with Crippen LogP contribution in [0.2, 0.25) is 0 Å². The molecular formula is C18H15F3N4O. The number of halogens is 3. The lowest BCUT2D eigenvalue weighted by Crippen LogP contribution is -2.26. The third-order valence-corrected chi connectivity index (χ3v) is 3.74. The second-order valence-corrected chi connectivity index (χ2v) is 5.70. The number of pyridine rings is 1. The highest BCUT2D eigenvalue weighted by Crippen LogP contribution is 2.33. The topological polar surface area (TPSA) is 59.8 Å². The first-order valence-corrected chi connectivity index (χ1v) is 7.75. The number of alkyl halides is 3. The van der Waals surface area contributed by atoms with Crippen LogP contribution in [-0.2, 0) is 12.7 Å². The lowest BCUT2D eigenvalue weighted by Gasteiger charge is -2.13. The van der Waals surface area contributed by atoms with Crippen LogP contribution < -0.4 is 5.32 Å². The van der Waals surface area contributed by atoms with Crippen molar-refractivity contribution in [3.05, 3.63) is 77.4 Å². The van der Waals surface area contributed by atoms with E-state index in [4.69, 9.17) is 0 Å². The molecule has 0 aliphatic heterocycles. The Labute approximate surface area is 147 Å². The zero-order valence-electron chi connectivity index (χ0n) is 13.8. The monoisotopic (exact) mass is 360 g/mol. The van der Waals surface area contributed by atoms with Gasteiger partial charge in [0.05, 0.1) is 17.4 Å². The van der Waals surface area contributed by atoms with Gasteiger partial charge >= 0.3 is 6.18 Å². The molecule has 0 bridgehead atoms. The summed E-state index contributed by atoms with van der Waals surface area (Å²) in [6.45, 7) is 1.90. The Morgan fingerprint density at radius 1 is 1.15 bits per heavy atom. The van der Waals surface area contributed by atoms with E-state index in [1.807, 2.05) is 6.92 Å². The number of aryl methyl sites for hydroxylation is 1. The second-order valence-electron chi connectivity index (χ2n) is 5.70. The predicted molar refractivity (Wildman–Crippen MR) is 88.7 cm³/mol. The normalized spacial score (nSPS) is 11.4. The third-order valence-electron chi connectivity index (χ3n) is 3.74. The highest BCUT2D eigenvalue weighted by Gasteiger charge is 2.40. The summed E-state index contributed by atoms with van der Waals surface area (Å²) in [5.41, 5.74) is 0.186. The number of hydrogen-bond acceptors (Lipinski definition) is 3. The van der Waals surface area contributed by atoms with Crippen molar-refractivity contribution in [2.24, 2.45) is 0 Å². The van der Waals surface area contributed by atoms with Crippen LogP contribution in [-0.4, -0.2) is 20.7 Å². The maximum atomic E-state index is 13.6. The van der Waals surface area contributed by atoms with E-state index >= 15 is 0 Å². The summed E-state index contributed by atoms with van der Waals surface area (Å²) in [6.07, 6.45) is -0.705. The third kappa shape index (κ3) is 3.74. The highest BCUT2D eigenvalue weighted by atomic mass is 19.4. The standard InChI is InChI=1S/C18H15F3N4O/c1-12-4-6-14(7-5-12)25-16(18(19,20)21)15(11-24-25)17(26)23-10-13-3-2-8-22-9-13/h2-9,11H,10H2,1H3,(H,23,26). The fourth-order valence-corrected chi connectivity index (χ4v) is 2.45. The Morgan fingerprint density at radius 2 is 1.88 bits per heavy atom. The molecule has 0 fully saturated rings. The molecule has 0 saturated heterocycles. The quantitative estimate of drug-likeness (QED) is 0.774. The van der Waals surface area contributed by atoms with Crippen molar-refractivity contribution in [3.8, 4) is 5.69 Å². The van der Waals surface area contributed by atoms with Gasteiger partial charge in [-0.1, -0.05) is 23.8 Å². The van der Waals surface area contributed by atoms with E-state index in [1.165, 1.54) is 18.3 Å². The number of carbonyl (C=O) groups excluding carboxylic acids is 1. The molecule has 134 valence electrons. The van der Waals surface area contributed by atoms with Crippen LogP contribution in [0.4, 0.5) is 13.2 Å². The summed E-state index contributed by atoms with van der Waals surface area (Å²) in [5.74, 6) is -0.848. The zero-order chi connectivity index (χ0) is 18.7. The number of benzene rings is 1. The number of nitrogens with zero attached hydrogens (tertiary/aromatic N) is 3. The van der Waals surface area contributed by atoms with Gasteiger partial charge in [-0.3, -0.25) is 9.78 Å². The van der Waals surface area contributed by atoms with Crippen molar-refractivity contribution >= 4 is 5.91 Å². The molecule has 0 saturated carbocycles. The highest BCUT2D eigenvalue weighted by molar-refractivity contribution is 5.95. The van der Waals surface area contributed by atoms with Crippen LogP contribution >= 0.6 is 0 Å². The summed E-state index contributed by atoms with van der Waals surface area (Å²) in [6, 6.07) is 9.80. The van der Waals surface area contributed by atoms with Crippen LogP contribution in [0.1, 0.15) is 27.2 Å². The van der Waals surface area contributed by atoms with E-state index in [0.717, 1.165) is 16.4 Å². The Kier molecular flexibility index (Phi) is 4.75. The number of aromatic nitrogens is 3. The maximum absolute atomic E-state index is 13.6. The average molecular weight is 360 g/mol. The number of carbonyl (C=O) groups is 1. The van der Waals surface area contributed by atoms with Gasteiger partial charge in [-0.15, -0.1) is 0 Å². The molecule has 0 unspecified atom stereocenters. The minimum Gasteiger partial charge on any atom is -0.348 e. The van der Waals surface area contributed by atoms with Gasteiger partial charge in [-0.05, 0) is 30.7 Å². The summed E-state index contributed by atoms with van der Waals surface area (Å²) < 4.78 is 41.5. The van der Waals surface area contributed by atoms with E-state index in [9.17, 15) is 18.0 Å². The van der Waals surface area contributed by atoms with Crippen molar-refractivity contribution in [1.82, 2.24) is 20.1 Å². The molecule has 2 aromatic heterocycles. The Bertz CT molecular complexity index is 902. The van der Waals surface area contributed by atoms with Crippen molar-refractivity contribution in [2.45, 2.75) is 19.6 Å². The Morgan fingerprint density at radius 3 is 2.50 bits per heavy atom. The Balaban J connectivity index is 1.92. The molecule has 26 heavy (non-hydrogen) atoms. The number of nitrogens with one attached hydrogen (secondary N) is 1. The molecule has 0 aliphatic rings. The SMILES string of the molecule is Cc1ccc(-n2ncc(C(=O)NCc3cccnc3)c2C(F)(F)F)cc1.